The standard InChI is InChI=1S/C6H4O5S.N2/c7-5-2-1-4(3-6(5)8)12(9,10)11;1-2/h1-3H,(H,9,10,11);. The van der Waals surface area contributed by atoms with Gasteiger partial charge in [-0.25, -0.2) is 0 Å². The predicted octanol–water partition coefficient (Wildman–Crippen LogP) is -0.504. The summed E-state index contributed by atoms with van der Waals surface area (Å²) in [7, 11) is -4.38. The van der Waals surface area contributed by atoms with Gasteiger partial charge >= 0.3 is 0 Å². The van der Waals surface area contributed by atoms with Crippen molar-refractivity contribution in [1.82, 2.24) is 0 Å². The van der Waals surface area contributed by atoms with Crippen LogP contribution in [0.2, 0.25) is 0 Å². The molecule has 74 valence electrons. The molecule has 0 radical (unpaired) electrons. The van der Waals surface area contributed by atoms with Gasteiger partial charge in [-0.1, -0.05) is 0 Å². The molecule has 1 N–H and O–H groups in total. The summed E-state index contributed by atoms with van der Waals surface area (Å²) in [5.41, 5.74) is 0. The molecule has 0 aromatic rings. The van der Waals surface area contributed by atoms with E-state index in [9.17, 15) is 18.0 Å². The van der Waals surface area contributed by atoms with Crippen molar-refractivity contribution in [3.8, 4) is 0 Å². The van der Waals surface area contributed by atoms with E-state index in [1.54, 1.807) is 0 Å². The van der Waals surface area contributed by atoms with Gasteiger partial charge < -0.3 is 0 Å². The van der Waals surface area contributed by atoms with Gasteiger partial charge in [-0.3, -0.25) is 14.1 Å². The average Bonchev–Trinajstić information content (AvgIpc) is 2.11. The number of hydrogen-bond donors (Lipinski definition) is 1. The molecule has 0 heterocycles. The molecular formula is C6H4N2O5S. The number of carbonyl (C=O) groups is 2. The summed E-state index contributed by atoms with van der Waals surface area (Å²) < 4.78 is 29.3. The van der Waals surface area contributed by atoms with Gasteiger partial charge in [-0.15, -0.1) is 0 Å². The monoisotopic (exact) mass is 216 g/mol. The van der Waals surface area contributed by atoms with Crippen molar-refractivity contribution in [3.05, 3.63) is 23.1 Å². The summed E-state index contributed by atoms with van der Waals surface area (Å²) in [6.45, 7) is 0. The maximum Gasteiger partial charge on any atom is 0.294 e. The summed E-state index contributed by atoms with van der Waals surface area (Å²) in [4.78, 5) is 20.5. The van der Waals surface area contributed by atoms with Crippen LogP contribution in [0.15, 0.2) is 23.1 Å². The lowest BCUT2D eigenvalue weighted by Crippen LogP contribution is -2.14. The Morgan fingerprint density at radius 2 is 1.57 bits per heavy atom. The third-order valence-corrected chi connectivity index (χ3v) is 2.06. The number of ketones is 2. The molecule has 1 rings (SSSR count). The van der Waals surface area contributed by atoms with E-state index in [2.05, 4.69) is 0 Å². The Balaban J connectivity index is 0.000000791. The molecule has 0 fully saturated rings. The lowest BCUT2D eigenvalue weighted by atomic mass is 10.1. The molecule has 0 aromatic heterocycles. The Kier molecular flexibility index (Phi) is 3.82. The number of carbonyl (C=O) groups excluding carboxylic acids is 2. The van der Waals surface area contributed by atoms with Crippen LogP contribution < -0.4 is 0 Å². The molecule has 7 nitrogen and oxygen atoms in total. The average molecular weight is 216 g/mol. The van der Waals surface area contributed by atoms with Crippen LogP contribution in [-0.4, -0.2) is 24.5 Å². The van der Waals surface area contributed by atoms with Gasteiger partial charge in [0.05, 0.1) is 4.91 Å². The molecule has 1 aliphatic rings. The quantitative estimate of drug-likeness (QED) is 0.270. The van der Waals surface area contributed by atoms with Gasteiger partial charge in [-0.2, -0.15) is 8.42 Å². The summed E-state index contributed by atoms with van der Waals surface area (Å²) in [6.07, 6.45) is 2.25. The fraction of sp³-hybridized carbons (Fsp3) is 0. The first-order chi connectivity index (χ1) is 6.41. The van der Waals surface area contributed by atoms with Crippen molar-refractivity contribution in [2.24, 2.45) is 0 Å². The van der Waals surface area contributed by atoms with Gasteiger partial charge in [0.15, 0.2) is 0 Å². The van der Waals surface area contributed by atoms with Gasteiger partial charge in [0.25, 0.3) is 10.1 Å². The Hall–Kier alpha value is -1.85. The highest BCUT2D eigenvalue weighted by Gasteiger charge is 2.20. The second-order valence-electron chi connectivity index (χ2n) is 2.08. The molecule has 8 heteroatoms. The molecule has 0 saturated carbocycles. The van der Waals surface area contributed by atoms with Crippen molar-refractivity contribution < 1.29 is 22.6 Å². The Bertz CT molecular complexity index is 442. The molecule has 0 unspecified atom stereocenters. The lowest BCUT2D eigenvalue weighted by Gasteiger charge is -2.00. The zero-order valence-corrected chi connectivity index (χ0v) is 7.43. The van der Waals surface area contributed by atoms with Gasteiger partial charge in [-0.05, 0) is 12.2 Å². The van der Waals surface area contributed by atoms with Crippen molar-refractivity contribution in [2.75, 3.05) is 0 Å². The maximum absolute atomic E-state index is 10.6. The van der Waals surface area contributed by atoms with Crippen LogP contribution in [-0.2, 0) is 19.7 Å². The minimum atomic E-state index is -4.38. The summed E-state index contributed by atoms with van der Waals surface area (Å²) in [5, 5.41) is 12.0. The van der Waals surface area contributed by atoms with Gasteiger partial charge in [0, 0.05) is 16.9 Å². The van der Waals surface area contributed by atoms with Crippen molar-refractivity contribution in [2.45, 2.75) is 0 Å². The van der Waals surface area contributed by atoms with E-state index >= 15 is 0 Å². The molecule has 0 bridgehead atoms. The highest BCUT2D eigenvalue weighted by atomic mass is 32.2. The summed E-state index contributed by atoms with van der Waals surface area (Å²) >= 11 is 0. The maximum atomic E-state index is 10.6. The Morgan fingerprint density at radius 1 is 1.07 bits per heavy atom. The minimum Gasteiger partial charge on any atom is -0.286 e. The topological polar surface area (TPSA) is 136 Å². The van der Waals surface area contributed by atoms with Gasteiger partial charge in [0.1, 0.15) is 0 Å². The van der Waals surface area contributed by atoms with E-state index in [4.69, 9.17) is 15.3 Å². The van der Waals surface area contributed by atoms with Crippen LogP contribution in [0.25, 0.3) is 0 Å². The van der Waals surface area contributed by atoms with Crippen LogP contribution in [0.3, 0.4) is 0 Å². The fourth-order valence-electron chi connectivity index (χ4n) is 0.649. The minimum absolute atomic E-state index is 0.563. The molecule has 0 atom stereocenters. The molecule has 0 saturated heterocycles. The van der Waals surface area contributed by atoms with E-state index in [0.29, 0.717) is 6.08 Å². The van der Waals surface area contributed by atoms with Crippen molar-refractivity contribution in [3.63, 3.8) is 0 Å². The highest BCUT2D eigenvalue weighted by molar-refractivity contribution is 7.90. The molecule has 0 spiro atoms. The number of hydrogen-bond acceptors (Lipinski definition) is 6. The summed E-state index contributed by atoms with van der Waals surface area (Å²) in [6, 6.07) is 0. The molecule has 0 amide bonds. The van der Waals surface area contributed by atoms with Crippen molar-refractivity contribution >= 4 is 21.7 Å². The zero-order chi connectivity index (χ0) is 11.4. The zero-order valence-electron chi connectivity index (χ0n) is 6.61. The first-order valence-electron chi connectivity index (χ1n) is 3.07. The van der Waals surface area contributed by atoms with E-state index in [0.717, 1.165) is 12.2 Å². The molecular weight excluding hydrogens is 212 g/mol. The van der Waals surface area contributed by atoms with Crippen molar-refractivity contribution in [1.29, 1.82) is 10.8 Å². The second kappa shape index (κ2) is 4.40. The first-order valence-corrected chi connectivity index (χ1v) is 4.51. The van der Waals surface area contributed by atoms with Crippen LogP contribution in [0.5, 0.6) is 0 Å². The molecule has 14 heavy (non-hydrogen) atoms. The lowest BCUT2D eigenvalue weighted by molar-refractivity contribution is -0.131. The first kappa shape index (κ1) is 12.2. The Morgan fingerprint density at radius 3 is 1.93 bits per heavy atom. The van der Waals surface area contributed by atoms with E-state index < -0.39 is 26.6 Å². The third kappa shape index (κ3) is 2.89. The van der Waals surface area contributed by atoms with Gasteiger partial charge in [0.2, 0.25) is 11.6 Å². The smallest absolute Gasteiger partial charge is 0.286 e. The molecule has 0 aliphatic heterocycles. The second-order valence-corrected chi connectivity index (χ2v) is 3.51. The molecule has 0 aromatic carbocycles. The van der Waals surface area contributed by atoms with E-state index in [-0.39, 0.29) is 0 Å². The number of rotatable bonds is 1. The Labute approximate surface area is 78.9 Å². The SMILES string of the molecule is N#N.O=C1C=CC(S(=O)(=O)O)=CC1=O. The normalized spacial score (nSPS) is 15.5. The number of allylic oxidation sites excluding steroid dienone is 3. The van der Waals surface area contributed by atoms with Crippen LogP contribution in [0.1, 0.15) is 0 Å². The van der Waals surface area contributed by atoms with Crippen LogP contribution >= 0.6 is 0 Å². The predicted molar refractivity (Wildman–Crippen MR) is 42.2 cm³/mol. The number of nitrogens with zero attached hydrogens (tertiary/aromatic N) is 2. The van der Waals surface area contributed by atoms with Crippen LogP contribution in [0.4, 0.5) is 0 Å². The molecule has 1 aliphatic carbocycles. The largest absolute Gasteiger partial charge is 0.294 e. The highest BCUT2D eigenvalue weighted by Crippen LogP contribution is 2.10. The van der Waals surface area contributed by atoms with E-state index in [1.165, 1.54) is 0 Å². The van der Waals surface area contributed by atoms with Crippen LogP contribution in [0, 0.1) is 10.8 Å². The summed E-state index contributed by atoms with van der Waals surface area (Å²) in [5.74, 6) is -1.76. The third-order valence-electron chi connectivity index (χ3n) is 1.21. The fourth-order valence-corrected chi connectivity index (χ4v) is 1.14. The van der Waals surface area contributed by atoms with E-state index in [1.807, 2.05) is 0 Å².